The molecule has 0 aliphatic carbocycles. The van der Waals surface area contributed by atoms with E-state index in [0.717, 1.165) is 5.56 Å². The lowest BCUT2D eigenvalue weighted by Gasteiger charge is -2.21. The fourth-order valence-corrected chi connectivity index (χ4v) is 1.49. The topological polar surface area (TPSA) is 52.6 Å². The van der Waals surface area contributed by atoms with Gasteiger partial charge in [0.25, 0.3) is 0 Å². The Bertz CT molecular complexity index is 341. The van der Waals surface area contributed by atoms with E-state index < -0.39 is 0 Å². The van der Waals surface area contributed by atoms with Gasteiger partial charge in [0.2, 0.25) is 0 Å². The molecule has 2 amide bonds. The first-order chi connectivity index (χ1) is 8.17. The van der Waals surface area contributed by atoms with Crippen LogP contribution < -0.4 is 5.32 Å². The van der Waals surface area contributed by atoms with Crippen molar-refractivity contribution < 1.29 is 9.90 Å². The zero-order valence-electron chi connectivity index (χ0n) is 10.4. The van der Waals surface area contributed by atoms with Crippen molar-refractivity contribution in [1.82, 2.24) is 10.2 Å². The van der Waals surface area contributed by atoms with E-state index in [-0.39, 0.29) is 18.7 Å². The molecule has 17 heavy (non-hydrogen) atoms. The van der Waals surface area contributed by atoms with Gasteiger partial charge >= 0.3 is 6.03 Å². The number of aliphatic hydroxyl groups is 1. The zero-order chi connectivity index (χ0) is 12.7. The van der Waals surface area contributed by atoms with E-state index in [1.165, 1.54) is 0 Å². The Balaban J connectivity index is 2.52. The van der Waals surface area contributed by atoms with Gasteiger partial charge in [0, 0.05) is 13.6 Å². The molecule has 0 saturated carbocycles. The molecule has 0 aliphatic heterocycles. The minimum atomic E-state index is -0.237. The molecule has 2 N–H and O–H groups in total. The van der Waals surface area contributed by atoms with Gasteiger partial charge in [-0.25, -0.2) is 4.79 Å². The van der Waals surface area contributed by atoms with E-state index in [1.807, 2.05) is 37.3 Å². The Hall–Kier alpha value is -1.55. The Morgan fingerprint density at radius 3 is 2.59 bits per heavy atom. The minimum Gasteiger partial charge on any atom is -0.394 e. The normalized spacial score (nSPS) is 11.9. The zero-order valence-corrected chi connectivity index (χ0v) is 10.4. The number of aliphatic hydroxyl groups excluding tert-OH is 1. The summed E-state index contributed by atoms with van der Waals surface area (Å²) in [6.07, 6.45) is 0.640. The Morgan fingerprint density at radius 1 is 1.41 bits per heavy atom. The lowest BCUT2D eigenvalue weighted by Crippen LogP contribution is -2.45. The van der Waals surface area contributed by atoms with Crippen molar-refractivity contribution >= 4 is 6.03 Å². The van der Waals surface area contributed by atoms with Gasteiger partial charge in [0.1, 0.15) is 0 Å². The van der Waals surface area contributed by atoms with Crippen molar-refractivity contribution in [3.05, 3.63) is 35.9 Å². The highest BCUT2D eigenvalue weighted by Gasteiger charge is 2.13. The van der Waals surface area contributed by atoms with Gasteiger partial charge in [-0.15, -0.1) is 0 Å². The summed E-state index contributed by atoms with van der Waals surface area (Å²) < 4.78 is 0. The first-order valence-corrected chi connectivity index (χ1v) is 5.83. The molecule has 1 rings (SSSR count). The average Bonchev–Trinajstić information content (AvgIpc) is 2.38. The fraction of sp³-hybridized carbons (Fsp3) is 0.462. The van der Waals surface area contributed by atoms with Crippen LogP contribution in [0.25, 0.3) is 0 Å². The molecule has 0 fully saturated rings. The predicted molar refractivity (Wildman–Crippen MR) is 67.9 cm³/mol. The number of urea groups is 1. The molecule has 0 heterocycles. The molecule has 0 aliphatic rings. The fourth-order valence-electron chi connectivity index (χ4n) is 1.49. The number of amides is 2. The second-order valence-electron chi connectivity index (χ2n) is 4.03. The number of carbonyl (C=O) groups is 1. The molecule has 1 aromatic carbocycles. The van der Waals surface area contributed by atoms with Crippen LogP contribution in [0.3, 0.4) is 0 Å². The van der Waals surface area contributed by atoms with Crippen molar-refractivity contribution in [2.75, 3.05) is 20.2 Å². The van der Waals surface area contributed by atoms with Gasteiger partial charge in [-0.05, 0) is 18.9 Å². The molecule has 0 saturated heterocycles. The molecule has 1 atom stereocenters. The SMILES string of the molecule is CCN(C)C(=O)NC(CO)Cc1ccccc1. The van der Waals surface area contributed by atoms with Gasteiger partial charge in [0.15, 0.2) is 0 Å². The van der Waals surface area contributed by atoms with Gasteiger partial charge < -0.3 is 15.3 Å². The number of hydrogen-bond acceptors (Lipinski definition) is 2. The van der Waals surface area contributed by atoms with Crippen molar-refractivity contribution in [3.63, 3.8) is 0 Å². The summed E-state index contributed by atoms with van der Waals surface area (Å²) in [6, 6.07) is 9.42. The third kappa shape index (κ3) is 4.44. The number of nitrogens with one attached hydrogen (secondary N) is 1. The van der Waals surface area contributed by atoms with E-state index in [2.05, 4.69) is 5.32 Å². The summed E-state index contributed by atoms with van der Waals surface area (Å²) in [5.41, 5.74) is 1.10. The van der Waals surface area contributed by atoms with Crippen molar-refractivity contribution in [3.8, 4) is 0 Å². The van der Waals surface area contributed by atoms with Gasteiger partial charge in [-0.2, -0.15) is 0 Å². The Morgan fingerprint density at radius 2 is 2.06 bits per heavy atom. The Kier molecular flexibility index (Phi) is 5.49. The summed E-state index contributed by atoms with van der Waals surface area (Å²) in [6.45, 7) is 2.50. The van der Waals surface area contributed by atoms with Crippen LogP contribution in [0.1, 0.15) is 12.5 Å². The van der Waals surface area contributed by atoms with Crippen molar-refractivity contribution in [1.29, 1.82) is 0 Å². The second kappa shape index (κ2) is 6.91. The highest BCUT2D eigenvalue weighted by atomic mass is 16.3. The van der Waals surface area contributed by atoms with Crippen molar-refractivity contribution in [2.24, 2.45) is 0 Å². The van der Waals surface area contributed by atoms with Crippen LogP contribution in [0, 0.1) is 0 Å². The lowest BCUT2D eigenvalue weighted by molar-refractivity contribution is 0.192. The average molecular weight is 236 g/mol. The third-order valence-electron chi connectivity index (χ3n) is 2.69. The number of benzene rings is 1. The summed E-state index contributed by atoms with van der Waals surface area (Å²) >= 11 is 0. The predicted octanol–water partition coefficient (Wildman–Crippen LogP) is 1.25. The minimum absolute atomic E-state index is 0.0574. The van der Waals surface area contributed by atoms with Crippen LogP contribution in [0.4, 0.5) is 4.79 Å². The van der Waals surface area contributed by atoms with E-state index in [9.17, 15) is 9.90 Å². The molecule has 0 spiro atoms. The van der Waals surface area contributed by atoms with E-state index in [4.69, 9.17) is 0 Å². The van der Waals surface area contributed by atoms with E-state index >= 15 is 0 Å². The summed E-state index contributed by atoms with van der Waals surface area (Å²) in [4.78, 5) is 13.2. The highest BCUT2D eigenvalue weighted by molar-refractivity contribution is 5.74. The summed E-state index contributed by atoms with van der Waals surface area (Å²) in [7, 11) is 1.73. The molecule has 4 nitrogen and oxygen atoms in total. The molecule has 1 unspecified atom stereocenters. The maximum absolute atomic E-state index is 11.6. The van der Waals surface area contributed by atoms with Gasteiger partial charge in [-0.1, -0.05) is 30.3 Å². The number of carbonyl (C=O) groups excluding carboxylic acids is 1. The number of rotatable bonds is 5. The lowest BCUT2D eigenvalue weighted by atomic mass is 10.1. The molecule has 0 radical (unpaired) electrons. The van der Waals surface area contributed by atoms with Crippen LogP contribution in [0.5, 0.6) is 0 Å². The maximum Gasteiger partial charge on any atom is 0.317 e. The molecule has 0 bridgehead atoms. The van der Waals surface area contributed by atoms with Crippen molar-refractivity contribution in [2.45, 2.75) is 19.4 Å². The number of nitrogens with zero attached hydrogens (tertiary/aromatic N) is 1. The molecule has 94 valence electrons. The maximum atomic E-state index is 11.6. The van der Waals surface area contributed by atoms with Crippen LogP contribution in [0.15, 0.2) is 30.3 Å². The first kappa shape index (κ1) is 13.5. The van der Waals surface area contributed by atoms with Gasteiger partial charge in [-0.3, -0.25) is 0 Å². The van der Waals surface area contributed by atoms with Crippen LogP contribution >= 0.6 is 0 Å². The second-order valence-corrected chi connectivity index (χ2v) is 4.03. The standard InChI is InChI=1S/C13H20N2O2/c1-3-15(2)13(17)14-12(10-16)9-11-7-5-4-6-8-11/h4-8,12,16H,3,9-10H2,1-2H3,(H,14,17). The smallest absolute Gasteiger partial charge is 0.317 e. The van der Waals surface area contributed by atoms with Crippen LogP contribution in [-0.4, -0.2) is 42.3 Å². The van der Waals surface area contributed by atoms with Crippen LogP contribution in [0.2, 0.25) is 0 Å². The summed E-state index contributed by atoms with van der Waals surface area (Å²) in [5.74, 6) is 0. The molecular formula is C13H20N2O2. The Labute approximate surface area is 102 Å². The molecule has 0 aromatic heterocycles. The molecular weight excluding hydrogens is 216 g/mol. The van der Waals surface area contributed by atoms with Gasteiger partial charge in [0.05, 0.1) is 12.6 Å². The molecule has 1 aromatic rings. The van der Waals surface area contributed by atoms with E-state index in [0.29, 0.717) is 13.0 Å². The third-order valence-corrected chi connectivity index (χ3v) is 2.69. The number of hydrogen-bond donors (Lipinski definition) is 2. The largest absolute Gasteiger partial charge is 0.394 e. The van der Waals surface area contributed by atoms with Crippen LogP contribution in [-0.2, 0) is 6.42 Å². The monoisotopic (exact) mass is 236 g/mol. The first-order valence-electron chi connectivity index (χ1n) is 5.83. The summed E-state index contributed by atoms with van der Waals surface area (Å²) in [5, 5.41) is 12.1. The van der Waals surface area contributed by atoms with E-state index in [1.54, 1.807) is 11.9 Å². The molecule has 4 heteroatoms. The highest BCUT2D eigenvalue weighted by Crippen LogP contribution is 2.03. The quantitative estimate of drug-likeness (QED) is 0.808.